The fraction of sp³-hybridized carbons (Fsp3) is 0.235. The van der Waals surface area contributed by atoms with Crippen molar-refractivity contribution in [2.45, 2.75) is 19.8 Å². The average Bonchev–Trinajstić information content (AvgIpc) is 2.49. The van der Waals surface area contributed by atoms with Gasteiger partial charge in [0.25, 0.3) is 0 Å². The first-order chi connectivity index (χ1) is 10.5. The summed E-state index contributed by atoms with van der Waals surface area (Å²) < 4.78 is 13.0. The van der Waals surface area contributed by atoms with Gasteiger partial charge in [-0.3, -0.25) is 4.79 Å². The summed E-state index contributed by atoms with van der Waals surface area (Å²) in [6, 6.07) is 12.0. The number of amides is 1. The van der Waals surface area contributed by atoms with Gasteiger partial charge in [0.15, 0.2) is 0 Å². The molecule has 3 nitrogen and oxygen atoms in total. The molecule has 2 aromatic carbocycles. The Balaban J connectivity index is 1.88. The highest BCUT2D eigenvalue weighted by atomic mass is 35.5. The molecule has 2 aromatic rings. The van der Waals surface area contributed by atoms with Gasteiger partial charge in [-0.25, -0.2) is 4.39 Å². The minimum Gasteiger partial charge on any atom is -0.376 e. The fourth-order valence-electron chi connectivity index (χ4n) is 1.94. The molecule has 0 heterocycles. The molecular formula is C17H18ClFN2O. The normalized spacial score (nSPS) is 10.6. The van der Waals surface area contributed by atoms with Crippen molar-refractivity contribution in [2.75, 3.05) is 17.2 Å². The molecule has 0 fully saturated rings. The molecule has 2 rings (SSSR count). The Morgan fingerprint density at radius 1 is 1.14 bits per heavy atom. The maximum atomic E-state index is 13.0. The summed E-state index contributed by atoms with van der Waals surface area (Å²) in [7, 11) is 0. The van der Waals surface area contributed by atoms with Crippen LogP contribution in [-0.4, -0.2) is 12.5 Å². The molecule has 0 aliphatic carbocycles. The van der Waals surface area contributed by atoms with E-state index in [1.54, 1.807) is 0 Å². The number of hydrogen-bond donors (Lipinski definition) is 2. The Labute approximate surface area is 134 Å². The van der Waals surface area contributed by atoms with Crippen molar-refractivity contribution in [1.82, 2.24) is 0 Å². The van der Waals surface area contributed by atoms with Gasteiger partial charge in [-0.1, -0.05) is 37.6 Å². The van der Waals surface area contributed by atoms with Gasteiger partial charge in [-0.15, -0.1) is 0 Å². The summed E-state index contributed by atoms with van der Waals surface area (Å²) in [4.78, 5) is 11.9. The van der Waals surface area contributed by atoms with E-state index < -0.39 is 5.82 Å². The number of anilines is 2. The second-order valence-corrected chi connectivity index (χ2v) is 5.71. The standard InChI is InChI=1S/C17H18ClFN2O/c1-11(2)12-3-5-13(6-4-12)21-17(22)10-20-14-7-8-16(19)15(18)9-14/h3-9,11,20H,10H2,1-2H3,(H,21,22). The molecule has 0 aromatic heterocycles. The van der Waals surface area contributed by atoms with Crippen LogP contribution in [0.4, 0.5) is 15.8 Å². The molecule has 1 amide bonds. The maximum Gasteiger partial charge on any atom is 0.243 e. The number of carbonyl (C=O) groups is 1. The van der Waals surface area contributed by atoms with Crippen LogP contribution in [0.3, 0.4) is 0 Å². The van der Waals surface area contributed by atoms with E-state index in [1.807, 2.05) is 24.3 Å². The lowest BCUT2D eigenvalue weighted by Crippen LogP contribution is -2.21. The van der Waals surface area contributed by atoms with Crippen LogP contribution in [0, 0.1) is 5.82 Å². The lowest BCUT2D eigenvalue weighted by Gasteiger charge is -2.10. The molecular weight excluding hydrogens is 303 g/mol. The molecule has 0 atom stereocenters. The van der Waals surface area contributed by atoms with Crippen molar-refractivity contribution in [3.05, 3.63) is 58.9 Å². The summed E-state index contributed by atoms with van der Waals surface area (Å²) in [6.45, 7) is 4.31. The molecule has 0 aliphatic rings. The van der Waals surface area contributed by atoms with Crippen molar-refractivity contribution >= 4 is 28.9 Å². The SMILES string of the molecule is CC(C)c1ccc(NC(=O)CNc2ccc(F)c(Cl)c2)cc1. The van der Waals surface area contributed by atoms with Crippen LogP contribution in [-0.2, 0) is 4.79 Å². The van der Waals surface area contributed by atoms with Gasteiger partial charge in [0, 0.05) is 11.4 Å². The molecule has 0 bridgehead atoms. The Morgan fingerprint density at radius 3 is 2.36 bits per heavy atom. The zero-order valence-corrected chi connectivity index (χ0v) is 13.2. The van der Waals surface area contributed by atoms with Crippen molar-refractivity contribution in [1.29, 1.82) is 0 Å². The molecule has 0 saturated heterocycles. The third-order valence-electron chi connectivity index (χ3n) is 3.23. The molecule has 2 N–H and O–H groups in total. The second-order valence-electron chi connectivity index (χ2n) is 5.31. The van der Waals surface area contributed by atoms with E-state index in [0.29, 0.717) is 11.6 Å². The number of rotatable bonds is 5. The summed E-state index contributed by atoms with van der Waals surface area (Å²) in [5.74, 6) is -0.214. The third kappa shape index (κ3) is 4.46. The maximum absolute atomic E-state index is 13.0. The number of nitrogens with one attached hydrogen (secondary N) is 2. The van der Waals surface area contributed by atoms with E-state index in [4.69, 9.17) is 11.6 Å². The van der Waals surface area contributed by atoms with Crippen LogP contribution in [0.25, 0.3) is 0 Å². The molecule has 0 aliphatic heterocycles. The Hall–Kier alpha value is -2.07. The molecule has 116 valence electrons. The van der Waals surface area contributed by atoms with Crippen LogP contribution in [0.1, 0.15) is 25.3 Å². The van der Waals surface area contributed by atoms with Gasteiger partial charge in [-0.05, 0) is 41.8 Å². The van der Waals surface area contributed by atoms with E-state index in [9.17, 15) is 9.18 Å². The van der Waals surface area contributed by atoms with E-state index in [2.05, 4.69) is 24.5 Å². The van der Waals surface area contributed by atoms with E-state index in [1.165, 1.54) is 23.8 Å². The highest BCUT2D eigenvalue weighted by Crippen LogP contribution is 2.19. The fourth-order valence-corrected chi connectivity index (χ4v) is 2.13. The molecule has 22 heavy (non-hydrogen) atoms. The summed E-state index contributed by atoms with van der Waals surface area (Å²) in [5.41, 5.74) is 2.56. The van der Waals surface area contributed by atoms with Crippen LogP contribution >= 0.6 is 11.6 Å². The molecule has 0 saturated carbocycles. The quantitative estimate of drug-likeness (QED) is 0.841. The van der Waals surface area contributed by atoms with E-state index >= 15 is 0 Å². The Morgan fingerprint density at radius 2 is 1.77 bits per heavy atom. The van der Waals surface area contributed by atoms with Crippen molar-refractivity contribution < 1.29 is 9.18 Å². The lowest BCUT2D eigenvalue weighted by molar-refractivity contribution is -0.114. The Kier molecular flexibility index (Phi) is 5.39. The zero-order valence-electron chi connectivity index (χ0n) is 12.5. The van der Waals surface area contributed by atoms with Gasteiger partial charge < -0.3 is 10.6 Å². The minimum atomic E-state index is -0.484. The van der Waals surface area contributed by atoms with Gasteiger partial charge in [-0.2, -0.15) is 0 Å². The lowest BCUT2D eigenvalue weighted by atomic mass is 10.0. The van der Waals surface area contributed by atoms with Crippen molar-refractivity contribution in [3.8, 4) is 0 Å². The monoisotopic (exact) mass is 320 g/mol. The first kappa shape index (κ1) is 16.3. The van der Waals surface area contributed by atoms with E-state index in [-0.39, 0.29) is 17.5 Å². The minimum absolute atomic E-state index is 0.0229. The Bertz CT molecular complexity index is 656. The number of benzene rings is 2. The molecule has 5 heteroatoms. The topological polar surface area (TPSA) is 41.1 Å². The van der Waals surface area contributed by atoms with Crippen molar-refractivity contribution in [2.24, 2.45) is 0 Å². The van der Waals surface area contributed by atoms with Gasteiger partial charge in [0.1, 0.15) is 5.82 Å². The molecule has 0 spiro atoms. The second kappa shape index (κ2) is 7.27. The number of hydrogen-bond acceptors (Lipinski definition) is 2. The third-order valence-corrected chi connectivity index (χ3v) is 3.52. The first-order valence-corrected chi connectivity index (χ1v) is 7.42. The molecule has 0 unspecified atom stereocenters. The van der Waals surface area contributed by atoms with Crippen LogP contribution in [0.5, 0.6) is 0 Å². The van der Waals surface area contributed by atoms with Gasteiger partial charge in [0.05, 0.1) is 11.6 Å². The predicted octanol–water partition coefficient (Wildman–Crippen LogP) is 4.65. The number of halogens is 2. The average molecular weight is 321 g/mol. The summed E-state index contributed by atoms with van der Waals surface area (Å²) in [5, 5.41) is 5.72. The largest absolute Gasteiger partial charge is 0.376 e. The highest BCUT2D eigenvalue weighted by molar-refractivity contribution is 6.31. The first-order valence-electron chi connectivity index (χ1n) is 7.04. The highest BCUT2D eigenvalue weighted by Gasteiger charge is 2.05. The van der Waals surface area contributed by atoms with Crippen LogP contribution < -0.4 is 10.6 Å². The zero-order chi connectivity index (χ0) is 16.1. The van der Waals surface area contributed by atoms with Crippen molar-refractivity contribution in [3.63, 3.8) is 0 Å². The van der Waals surface area contributed by atoms with Crippen LogP contribution in [0.2, 0.25) is 5.02 Å². The van der Waals surface area contributed by atoms with Crippen LogP contribution in [0.15, 0.2) is 42.5 Å². The molecule has 0 radical (unpaired) electrons. The van der Waals surface area contributed by atoms with E-state index in [0.717, 1.165) is 5.69 Å². The summed E-state index contributed by atoms with van der Waals surface area (Å²) in [6.07, 6.45) is 0. The smallest absolute Gasteiger partial charge is 0.243 e. The predicted molar refractivity (Wildman–Crippen MR) is 89.1 cm³/mol. The summed E-state index contributed by atoms with van der Waals surface area (Å²) >= 11 is 5.68. The van der Waals surface area contributed by atoms with Gasteiger partial charge >= 0.3 is 0 Å². The number of carbonyl (C=O) groups excluding carboxylic acids is 1. The van der Waals surface area contributed by atoms with Gasteiger partial charge in [0.2, 0.25) is 5.91 Å².